The van der Waals surface area contributed by atoms with Gasteiger partial charge in [-0.3, -0.25) is 19.7 Å². The number of hydrogen-bond acceptors (Lipinski definition) is 7. The molecule has 0 bridgehead atoms. The highest BCUT2D eigenvalue weighted by atomic mass is 32.2. The van der Waals surface area contributed by atoms with E-state index < -0.39 is 4.92 Å². The molecular formula is C20H15N5O3S. The fourth-order valence-electron chi connectivity index (χ4n) is 2.69. The van der Waals surface area contributed by atoms with Crippen molar-refractivity contribution < 1.29 is 9.34 Å². The Balaban J connectivity index is 1.61. The van der Waals surface area contributed by atoms with Gasteiger partial charge in [-0.1, -0.05) is 42.1 Å². The zero-order valence-electron chi connectivity index (χ0n) is 15.1. The van der Waals surface area contributed by atoms with E-state index in [-0.39, 0.29) is 5.88 Å². The average Bonchev–Trinajstić information content (AvgIpc) is 3.37. The summed E-state index contributed by atoms with van der Waals surface area (Å²) in [5.74, 6) is 0.843. The molecule has 0 aliphatic heterocycles. The lowest BCUT2D eigenvalue weighted by Crippen LogP contribution is -2.03. The smallest absolute Gasteiger partial charge is 0.401 e. The summed E-state index contributed by atoms with van der Waals surface area (Å²) in [6.45, 7) is 0.605. The van der Waals surface area contributed by atoms with Gasteiger partial charge >= 0.3 is 5.88 Å². The van der Waals surface area contributed by atoms with Gasteiger partial charge in [-0.15, -0.1) is 10.2 Å². The maximum absolute atomic E-state index is 10.7. The first kappa shape index (κ1) is 18.6. The van der Waals surface area contributed by atoms with Crippen LogP contribution < -0.4 is 0 Å². The van der Waals surface area contributed by atoms with Crippen molar-refractivity contribution >= 4 is 23.7 Å². The van der Waals surface area contributed by atoms with Gasteiger partial charge in [0.25, 0.3) is 0 Å². The molecule has 0 aliphatic rings. The van der Waals surface area contributed by atoms with E-state index in [4.69, 9.17) is 4.42 Å². The molecule has 4 aromatic rings. The highest BCUT2D eigenvalue weighted by Gasteiger charge is 2.14. The Bertz CT molecular complexity index is 1140. The molecule has 3 heterocycles. The summed E-state index contributed by atoms with van der Waals surface area (Å²) in [7, 11) is 0. The molecule has 0 fully saturated rings. The van der Waals surface area contributed by atoms with Crippen LogP contribution in [0.1, 0.15) is 11.3 Å². The predicted octanol–water partition coefficient (Wildman–Crippen LogP) is 4.65. The van der Waals surface area contributed by atoms with Crippen molar-refractivity contribution in [1.82, 2.24) is 19.7 Å². The normalized spacial score (nSPS) is 11.2. The van der Waals surface area contributed by atoms with Crippen LogP contribution in [0.15, 0.2) is 82.0 Å². The summed E-state index contributed by atoms with van der Waals surface area (Å²) in [4.78, 5) is 14.2. The molecule has 0 unspecified atom stereocenters. The van der Waals surface area contributed by atoms with E-state index in [1.807, 2.05) is 47.0 Å². The predicted molar refractivity (Wildman–Crippen MR) is 109 cm³/mol. The van der Waals surface area contributed by atoms with Crippen LogP contribution in [0.2, 0.25) is 0 Å². The van der Waals surface area contributed by atoms with E-state index in [0.29, 0.717) is 17.5 Å². The van der Waals surface area contributed by atoms with Gasteiger partial charge in [-0.05, 0) is 35.2 Å². The molecule has 0 radical (unpaired) electrons. The minimum absolute atomic E-state index is 0.290. The molecule has 0 spiro atoms. The lowest BCUT2D eigenvalue weighted by Gasteiger charge is -2.09. The van der Waals surface area contributed by atoms with Gasteiger partial charge in [-0.2, -0.15) is 0 Å². The molecule has 144 valence electrons. The minimum Gasteiger partial charge on any atom is -0.401 e. The number of furan rings is 1. The van der Waals surface area contributed by atoms with Crippen LogP contribution in [-0.2, 0) is 6.54 Å². The Hall–Kier alpha value is -3.72. The van der Waals surface area contributed by atoms with E-state index in [9.17, 15) is 10.1 Å². The van der Waals surface area contributed by atoms with Gasteiger partial charge < -0.3 is 4.42 Å². The standard InChI is InChI=1S/C20H15N5O3S/c26-25(27)18-7-6-17(28-18)10-13-29-20-23-22-19(16-8-11-21-12-9-16)24(20)14-15-4-2-1-3-5-15/h1-13H,14H2/b13-10+. The van der Waals surface area contributed by atoms with Gasteiger partial charge in [0.2, 0.25) is 0 Å². The molecule has 4 rings (SSSR count). The molecular weight excluding hydrogens is 390 g/mol. The topological polar surface area (TPSA) is 99.9 Å². The highest BCUT2D eigenvalue weighted by Crippen LogP contribution is 2.26. The highest BCUT2D eigenvalue weighted by molar-refractivity contribution is 8.02. The average molecular weight is 405 g/mol. The molecule has 0 aliphatic carbocycles. The second-order valence-electron chi connectivity index (χ2n) is 5.97. The van der Waals surface area contributed by atoms with Crippen LogP contribution >= 0.6 is 11.8 Å². The number of nitro groups is 1. The third-order valence-corrected chi connectivity index (χ3v) is 4.82. The SMILES string of the molecule is O=[N+]([O-])c1ccc(/C=C/Sc2nnc(-c3ccncc3)n2Cc2ccccc2)o1. The minimum atomic E-state index is -0.567. The van der Waals surface area contributed by atoms with E-state index >= 15 is 0 Å². The first-order valence-corrected chi connectivity index (χ1v) is 9.53. The fourth-order valence-corrected chi connectivity index (χ4v) is 3.38. The lowest BCUT2D eigenvalue weighted by molar-refractivity contribution is -0.402. The number of benzene rings is 1. The number of aromatic nitrogens is 4. The lowest BCUT2D eigenvalue weighted by atomic mass is 10.2. The molecule has 0 saturated carbocycles. The van der Waals surface area contributed by atoms with Crippen LogP contribution in [0.5, 0.6) is 0 Å². The van der Waals surface area contributed by atoms with Crippen molar-refractivity contribution in [2.24, 2.45) is 0 Å². The van der Waals surface area contributed by atoms with E-state index in [2.05, 4.69) is 15.2 Å². The number of nitrogens with zero attached hydrogens (tertiary/aromatic N) is 5. The summed E-state index contributed by atoms with van der Waals surface area (Å²) >= 11 is 1.36. The maximum Gasteiger partial charge on any atom is 0.433 e. The summed E-state index contributed by atoms with van der Waals surface area (Å²) in [5.41, 5.74) is 2.04. The quantitative estimate of drug-likeness (QED) is 0.250. The fraction of sp³-hybridized carbons (Fsp3) is 0.0500. The van der Waals surface area contributed by atoms with Crippen molar-refractivity contribution in [2.75, 3.05) is 0 Å². The summed E-state index contributed by atoms with van der Waals surface area (Å²) in [6, 6.07) is 16.7. The first-order valence-electron chi connectivity index (χ1n) is 8.65. The molecule has 0 amide bonds. The van der Waals surface area contributed by atoms with E-state index in [1.165, 1.54) is 17.8 Å². The number of pyridine rings is 1. The summed E-state index contributed by atoms with van der Waals surface area (Å²) in [5, 5.41) is 21.9. The number of rotatable bonds is 7. The van der Waals surface area contributed by atoms with Crippen molar-refractivity contribution in [3.8, 4) is 11.4 Å². The third-order valence-electron chi connectivity index (χ3n) is 4.04. The zero-order valence-corrected chi connectivity index (χ0v) is 15.9. The van der Waals surface area contributed by atoms with Crippen molar-refractivity contribution in [3.63, 3.8) is 0 Å². The molecule has 29 heavy (non-hydrogen) atoms. The second kappa shape index (κ2) is 8.53. The van der Waals surface area contributed by atoms with Crippen molar-refractivity contribution in [3.05, 3.63) is 93.8 Å². The Labute approximate surface area is 170 Å². The maximum atomic E-state index is 10.7. The van der Waals surface area contributed by atoms with Crippen LogP contribution in [-0.4, -0.2) is 24.7 Å². The van der Waals surface area contributed by atoms with Gasteiger partial charge in [0.15, 0.2) is 11.0 Å². The van der Waals surface area contributed by atoms with Crippen LogP contribution in [0.3, 0.4) is 0 Å². The Morgan fingerprint density at radius 1 is 1.07 bits per heavy atom. The van der Waals surface area contributed by atoms with Crippen molar-refractivity contribution in [1.29, 1.82) is 0 Å². The largest absolute Gasteiger partial charge is 0.433 e. The number of hydrogen-bond donors (Lipinski definition) is 0. The van der Waals surface area contributed by atoms with Crippen molar-refractivity contribution in [2.45, 2.75) is 11.7 Å². The molecule has 8 nitrogen and oxygen atoms in total. The molecule has 9 heteroatoms. The van der Waals surface area contributed by atoms with Gasteiger partial charge in [0, 0.05) is 18.0 Å². The Morgan fingerprint density at radius 2 is 1.86 bits per heavy atom. The summed E-state index contributed by atoms with van der Waals surface area (Å²) < 4.78 is 7.15. The van der Waals surface area contributed by atoms with E-state index in [0.717, 1.165) is 17.0 Å². The first-order chi connectivity index (χ1) is 14.2. The zero-order chi connectivity index (χ0) is 20.1. The molecule has 0 atom stereocenters. The second-order valence-corrected chi connectivity index (χ2v) is 6.84. The Kier molecular flexibility index (Phi) is 5.48. The molecule has 0 N–H and O–H groups in total. The van der Waals surface area contributed by atoms with E-state index in [1.54, 1.807) is 29.9 Å². The van der Waals surface area contributed by atoms with Crippen LogP contribution in [0, 0.1) is 10.1 Å². The molecule has 3 aromatic heterocycles. The van der Waals surface area contributed by atoms with Gasteiger partial charge in [0.1, 0.15) is 10.7 Å². The monoisotopic (exact) mass is 405 g/mol. The third kappa shape index (κ3) is 4.41. The summed E-state index contributed by atoms with van der Waals surface area (Å²) in [6.07, 6.45) is 5.09. The molecule has 1 aromatic carbocycles. The number of thioether (sulfide) groups is 1. The van der Waals surface area contributed by atoms with Crippen LogP contribution in [0.4, 0.5) is 5.88 Å². The molecule has 0 saturated heterocycles. The van der Waals surface area contributed by atoms with Gasteiger partial charge in [-0.25, -0.2) is 0 Å². The Morgan fingerprint density at radius 3 is 2.59 bits per heavy atom. The van der Waals surface area contributed by atoms with Gasteiger partial charge in [0.05, 0.1) is 12.6 Å². The van der Waals surface area contributed by atoms with Crippen LogP contribution in [0.25, 0.3) is 17.5 Å².